The third-order valence-corrected chi connectivity index (χ3v) is 3.91. The minimum absolute atomic E-state index is 0.206. The minimum Gasteiger partial charge on any atom is -0.383 e. The molecule has 2 rings (SSSR count). The zero-order valence-electron chi connectivity index (χ0n) is 11.8. The van der Waals surface area contributed by atoms with Gasteiger partial charge < -0.3 is 16.0 Å². The van der Waals surface area contributed by atoms with Gasteiger partial charge in [-0.15, -0.1) is 0 Å². The number of nitrogens with one attached hydrogen (secondary N) is 2. The number of anilines is 1. The summed E-state index contributed by atoms with van der Waals surface area (Å²) >= 11 is 7.41. The summed E-state index contributed by atoms with van der Waals surface area (Å²) in [6, 6.07) is 7.25. The standard InChI is InChI=1S/C14H17ClN4OS/c1-8(2)17-7-9-5-10(15)3-4-11(9)21-14-18-12(16)6-13(20)19-14/h3-6,8,17H,7H2,1-2H3,(H3,16,18,19,20). The molecule has 0 unspecified atom stereocenters. The summed E-state index contributed by atoms with van der Waals surface area (Å²) in [6.45, 7) is 4.84. The molecule has 112 valence electrons. The van der Waals surface area contributed by atoms with Gasteiger partial charge >= 0.3 is 0 Å². The van der Waals surface area contributed by atoms with Crippen LogP contribution in [0.1, 0.15) is 19.4 Å². The second-order valence-corrected chi connectivity index (χ2v) is 6.33. The largest absolute Gasteiger partial charge is 0.383 e. The number of aromatic amines is 1. The van der Waals surface area contributed by atoms with Gasteiger partial charge in [-0.05, 0) is 23.8 Å². The third-order valence-electron chi connectivity index (χ3n) is 2.67. The molecule has 0 spiro atoms. The van der Waals surface area contributed by atoms with E-state index < -0.39 is 0 Å². The zero-order chi connectivity index (χ0) is 15.4. The lowest BCUT2D eigenvalue weighted by atomic mass is 10.2. The van der Waals surface area contributed by atoms with E-state index in [9.17, 15) is 4.79 Å². The van der Waals surface area contributed by atoms with Crippen molar-refractivity contribution in [3.63, 3.8) is 0 Å². The van der Waals surface area contributed by atoms with E-state index in [1.165, 1.54) is 17.8 Å². The number of nitrogen functional groups attached to an aromatic ring is 1. The Hall–Kier alpha value is -1.50. The highest BCUT2D eigenvalue weighted by Gasteiger charge is 2.08. The maximum absolute atomic E-state index is 11.4. The van der Waals surface area contributed by atoms with E-state index in [0.29, 0.717) is 22.8 Å². The summed E-state index contributed by atoms with van der Waals surface area (Å²) in [5.41, 5.74) is 6.38. The normalized spacial score (nSPS) is 11.0. The van der Waals surface area contributed by atoms with Crippen LogP contribution in [0, 0.1) is 0 Å². The van der Waals surface area contributed by atoms with Crippen LogP contribution in [0.15, 0.2) is 39.1 Å². The fraction of sp³-hybridized carbons (Fsp3) is 0.286. The van der Waals surface area contributed by atoms with Crippen LogP contribution in [0.2, 0.25) is 5.02 Å². The van der Waals surface area contributed by atoms with Gasteiger partial charge in [0.2, 0.25) is 0 Å². The molecule has 1 heterocycles. The molecule has 7 heteroatoms. The second kappa shape index (κ2) is 6.98. The van der Waals surface area contributed by atoms with Crippen LogP contribution >= 0.6 is 23.4 Å². The van der Waals surface area contributed by atoms with Crippen molar-refractivity contribution in [2.75, 3.05) is 5.73 Å². The van der Waals surface area contributed by atoms with E-state index in [1.54, 1.807) is 0 Å². The third kappa shape index (κ3) is 4.77. The summed E-state index contributed by atoms with van der Waals surface area (Å²) < 4.78 is 0. The number of H-pyrrole nitrogens is 1. The summed E-state index contributed by atoms with van der Waals surface area (Å²) in [7, 11) is 0. The van der Waals surface area contributed by atoms with Crippen molar-refractivity contribution in [1.29, 1.82) is 0 Å². The molecule has 0 aliphatic rings. The molecule has 0 atom stereocenters. The molecule has 5 nitrogen and oxygen atoms in total. The number of rotatable bonds is 5. The van der Waals surface area contributed by atoms with Crippen LogP contribution in [-0.2, 0) is 6.54 Å². The van der Waals surface area contributed by atoms with Crippen LogP contribution in [0.4, 0.5) is 5.82 Å². The van der Waals surface area contributed by atoms with E-state index in [1.807, 2.05) is 18.2 Å². The van der Waals surface area contributed by atoms with E-state index in [4.69, 9.17) is 17.3 Å². The Bertz CT molecular complexity index is 687. The zero-order valence-corrected chi connectivity index (χ0v) is 13.4. The lowest BCUT2D eigenvalue weighted by molar-refractivity contribution is 0.584. The molecule has 0 aliphatic carbocycles. The van der Waals surface area contributed by atoms with Gasteiger partial charge in [-0.1, -0.05) is 37.2 Å². The Morgan fingerprint density at radius 3 is 2.86 bits per heavy atom. The first kappa shape index (κ1) is 15.9. The van der Waals surface area contributed by atoms with Crippen LogP contribution in [0.3, 0.4) is 0 Å². The first-order chi connectivity index (χ1) is 9.94. The molecule has 0 radical (unpaired) electrons. The molecule has 1 aromatic heterocycles. The van der Waals surface area contributed by atoms with Crippen molar-refractivity contribution in [2.24, 2.45) is 0 Å². The van der Waals surface area contributed by atoms with Crippen molar-refractivity contribution >= 4 is 29.2 Å². The molecule has 0 aliphatic heterocycles. The van der Waals surface area contributed by atoms with Gasteiger partial charge in [0.05, 0.1) is 0 Å². The van der Waals surface area contributed by atoms with Crippen molar-refractivity contribution in [2.45, 2.75) is 36.5 Å². The Balaban J connectivity index is 2.28. The molecule has 0 saturated heterocycles. The van der Waals surface area contributed by atoms with Crippen molar-refractivity contribution in [1.82, 2.24) is 15.3 Å². The van der Waals surface area contributed by atoms with E-state index >= 15 is 0 Å². The number of hydrogen-bond donors (Lipinski definition) is 3. The molecule has 4 N–H and O–H groups in total. The molecular weight excluding hydrogens is 308 g/mol. The Labute approximate surface area is 132 Å². The first-order valence-electron chi connectivity index (χ1n) is 6.50. The van der Waals surface area contributed by atoms with Gasteiger partial charge in [-0.2, -0.15) is 0 Å². The fourth-order valence-corrected chi connectivity index (χ4v) is 2.81. The molecule has 1 aromatic carbocycles. The lowest BCUT2D eigenvalue weighted by Gasteiger charge is -2.12. The number of benzene rings is 1. The highest BCUT2D eigenvalue weighted by Crippen LogP contribution is 2.29. The fourth-order valence-electron chi connectivity index (χ4n) is 1.71. The van der Waals surface area contributed by atoms with Crippen molar-refractivity contribution in [3.05, 3.63) is 45.2 Å². The van der Waals surface area contributed by atoms with E-state index in [2.05, 4.69) is 29.1 Å². The predicted molar refractivity (Wildman–Crippen MR) is 86.8 cm³/mol. The van der Waals surface area contributed by atoms with Gasteiger partial charge in [0.1, 0.15) is 5.82 Å². The number of hydrogen-bond acceptors (Lipinski definition) is 5. The average molecular weight is 325 g/mol. The summed E-state index contributed by atoms with van der Waals surface area (Å²) in [4.78, 5) is 19.2. The van der Waals surface area contributed by atoms with Gasteiger partial charge in [0.25, 0.3) is 5.56 Å². The average Bonchev–Trinajstić information content (AvgIpc) is 2.37. The SMILES string of the molecule is CC(C)NCc1cc(Cl)ccc1Sc1nc(N)cc(=O)[nH]1. The summed E-state index contributed by atoms with van der Waals surface area (Å²) in [5, 5.41) is 4.49. The first-order valence-corrected chi connectivity index (χ1v) is 7.70. The molecule has 0 amide bonds. The maximum Gasteiger partial charge on any atom is 0.253 e. The molecule has 0 fully saturated rings. The van der Waals surface area contributed by atoms with Crippen molar-refractivity contribution < 1.29 is 0 Å². The predicted octanol–water partition coefficient (Wildman–Crippen LogP) is 2.65. The van der Waals surface area contributed by atoms with E-state index in [0.717, 1.165) is 10.5 Å². The quantitative estimate of drug-likeness (QED) is 0.736. The smallest absolute Gasteiger partial charge is 0.253 e. The minimum atomic E-state index is -0.263. The van der Waals surface area contributed by atoms with E-state index in [-0.39, 0.29) is 11.4 Å². The monoisotopic (exact) mass is 324 g/mol. The van der Waals surface area contributed by atoms with Gasteiger partial charge in [0, 0.05) is 28.6 Å². The molecule has 0 saturated carbocycles. The molecule has 0 bridgehead atoms. The summed E-state index contributed by atoms with van der Waals surface area (Å²) in [6.07, 6.45) is 0. The van der Waals surface area contributed by atoms with Crippen molar-refractivity contribution in [3.8, 4) is 0 Å². The topological polar surface area (TPSA) is 83.8 Å². The van der Waals surface area contributed by atoms with Crippen LogP contribution < -0.4 is 16.6 Å². The highest BCUT2D eigenvalue weighted by atomic mass is 35.5. The number of halogens is 1. The van der Waals surface area contributed by atoms with Gasteiger partial charge in [-0.3, -0.25) is 4.79 Å². The Morgan fingerprint density at radius 2 is 2.19 bits per heavy atom. The second-order valence-electron chi connectivity index (χ2n) is 4.87. The molecular formula is C14H17ClN4OS. The number of nitrogens with zero attached hydrogens (tertiary/aromatic N) is 1. The lowest BCUT2D eigenvalue weighted by Crippen LogP contribution is -2.22. The number of nitrogens with two attached hydrogens (primary N) is 1. The summed E-state index contributed by atoms with van der Waals surface area (Å²) in [5.74, 6) is 0.206. The molecule has 21 heavy (non-hydrogen) atoms. The van der Waals surface area contributed by atoms with Crippen LogP contribution in [-0.4, -0.2) is 16.0 Å². The maximum atomic E-state index is 11.4. The van der Waals surface area contributed by atoms with Gasteiger partial charge in [0.15, 0.2) is 5.16 Å². The Morgan fingerprint density at radius 1 is 1.43 bits per heavy atom. The number of aromatic nitrogens is 2. The molecule has 2 aromatic rings. The van der Waals surface area contributed by atoms with Crippen LogP contribution in [0.5, 0.6) is 0 Å². The van der Waals surface area contributed by atoms with Gasteiger partial charge in [-0.25, -0.2) is 4.98 Å². The van der Waals surface area contributed by atoms with Crippen LogP contribution in [0.25, 0.3) is 0 Å². The highest BCUT2D eigenvalue weighted by molar-refractivity contribution is 7.99. The Kier molecular flexibility index (Phi) is 5.27.